The monoisotopic (exact) mass is 440 g/mol. The number of carbonyl (C=O) groups is 2. The van der Waals surface area contributed by atoms with Crippen LogP contribution in [0.3, 0.4) is 0 Å². The molecule has 0 aromatic heterocycles. The summed E-state index contributed by atoms with van der Waals surface area (Å²) in [6.45, 7) is 5.78. The minimum Gasteiger partial charge on any atom is -0.374 e. The molecule has 2 unspecified atom stereocenters. The maximum Gasteiger partial charge on any atom is 0.320 e. The highest BCUT2D eigenvalue weighted by molar-refractivity contribution is 5.79. The smallest absolute Gasteiger partial charge is 0.320 e. The van der Waals surface area contributed by atoms with Crippen molar-refractivity contribution in [2.24, 2.45) is 5.92 Å². The SMILES string of the molecule is O=C1COC2CCN(C(=O)N3CC(c4ccc(N5CC(OCC6CC6)C5)cc4)C3)CC2N1. The predicted octanol–water partition coefficient (Wildman–Crippen LogP) is 1.41. The molecule has 8 nitrogen and oxygen atoms in total. The Balaban J connectivity index is 0.961. The summed E-state index contributed by atoms with van der Waals surface area (Å²) in [4.78, 5) is 30.7. The molecular weight excluding hydrogens is 408 g/mol. The molecule has 0 bridgehead atoms. The number of rotatable bonds is 5. The first-order valence-corrected chi connectivity index (χ1v) is 12.0. The molecule has 0 spiro atoms. The molecule has 172 valence electrons. The van der Waals surface area contributed by atoms with Crippen LogP contribution in [0, 0.1) is 5.92 Å². The summed E-state index contributed by atoms with van der Waals surface area (Å²) in [6, 6.07) is 8.81. The van der Waals surface area contributed by atoms with E-state index in [4.69, 9.17) is 9.47 Å². The molecule has 8 heteroatoms. The molecular formula is C24H32N4O4. The Morgan fingerprint density at radius 1 is 1.03 bits per heavy atom. The van der Waals surface area contributed by atoms with Crippen LogP contribution >= 0.6 is 0 Å². The summed E-state index contributed by atoms with van der Waals surface area (Å²) in [7, 11) is 0. The van der Waals surface area contributed by atoms with E-state index in [0.29, 0.717) is 25.1 Å². The minimum atomic E-state index is -0.0902. The molecule has 5 aliphatic rings. The Bertz CT molecular complexity index is 861. The molecule has 1 aliphatic carbocycles. The van der Waals surface area contributed by atoms with E-state index in [1.807, 2.05) is 9.80 Å². The average Bonchev–Trinajstić information content (AvgIpc) is 3.56. The topological polar surface area (TPSA) is 74.4 Å². The molecule has 4 saturated heterocycles. The fourth-order valence-corrected chi connectivity index (χ4v) is 5.19. The van der Waals surface area contributed by atoms with E-state index >= 15 is 0 Å². The Hall–Kier alpha value is -2.32. The van der Waals surface area contributed by atoms with E-state index in [0.717, 1.165) is 45.1 Å². The van der Waals surface area contributed by atoms with Gasteiger partial charge in [0.1, 0.15) is 6.61 Å². The fraction of sp³-hybridized carbons (Fsp3) is 0.667. The normalized spacial score (nSPS) is 28.6. The van der Waals surface area contributed by atoms with Gasteiger partial charge in [0.15, 0.2) is 0 Å². The van der Waals surface area contributed by atoms with Crippen molar-refractivity contribution in [3.8, 4) is 0 Å². The Kier molecular flexibility index (Phi) is 5.22. The molecule has 0 radical (unpaired) electrons. The highest BCUT2D eigenvalue weighted by Gasteiger charge is 2.40. The van der Waals surface area contributed by atoms with Gasteiger partial charge in [-0.3, -0.25) is 4.79 Å². The first-order valence-electron chi connectivity index (χ1n) is 12.0. The van der Waals surface area contributed by atoms with E-state index in [9.17, 15) is 9.59 Å². The van der Waals surface area contributed by atoms with Gasteiger partial charge in [-0.15, -0.1) is 0 Å². The minimum absolute atomic E-state index is 0.0332. The second kappa shape index (κ2) is 8.23. The lowest BCUT2D eigenvalue weighted by molar-refractivity contribution is -0.139. The predicted molar refractivity (Wildman–Crippen MR) is 119 cm³/mol. The summed E-state index contributed by atoms with van der Waals surface area (Å²) < 4.78 is 11.5. The third-order valence-corrected chi connectivity index (χ3v) is 7.59. The summed E-state index contributed by atoms with van der Waals surface area (Å²) >= 11 is 0. The number of morpholine rings is 1. The summed E-state index contributed by atoms with van der Waals surface area (Å²) in [5.74, 6) is 1.13. The third kappa shape index (κ3) is 4.06. The van der Waals surface area contributed by atoms with Crippen LogP contribution in [0.2, 0.25) is 0 Å². The van der Waals surface area contributed by atoms with Gasteiger partial charge in [-0.1, -0.05) is 12.1 Å². The second-order valence-corrected chi connectivity index (χ2v) is 10.0. The number of urea groups is 1. The molecule has 4 aliphatic heterocycles. The largest absolute Gasteiger partial charge is 0.374 e. The van der Waals surface area contributed by atoms with Crippen LogP contribution in [0.1, 0.15) is 30.7 Å². The molecule has 2 atom stereocenters. The van der Waals surface area contributed by atoms with E-state index in [-0.39, 0.29) is 30.7 Å². The standard InChI is InChI=1S/C24H32N4O4/c29-23-15-32-22-7-8-26(13-21(22)25-23)24(30)28-9-18(10-28)17-3-5-19(6-4-17)27-11-20(12-27)31-14-16-1-2-16/h3-6,16,18,20-22H,1-2,7-15H2,(H,25,29). The highest BCUT2D eigenvalue weighted by Crippen LogP contribution is 2.33. The molecule has 5 fully saturated rings. The lowest BCUT2D eigenvalue weighted by Crippen LogP contribution is -2.63. The van der Waals surface area contributed by atoms with Gasteiger partial charge in [-0.2, -0.15) is 0 Å². The Morgan fingerprint density at radius 2 is 1.81 bits per heavy atom. The lowest BCUT2D eigenvalue weighted by atomic mass is 9.91. The molecule has 3 amide bonds. The van der Waals surface area contributed by atoms with Gasteiger partial charge in [0, 0.05) is 57.5 Å². The summed E-state index contributed by atoms with van der Waals surface area (Å²) in [5.41, 5.74) is 2.55. The highest BCUT2D eigenvalue weighted by atomic mass is 16.5. The number of piperidine rings is 1. The zero-order chi connectivity index (χ0) is 21.7. The van der Waals surface area contributed by atoms with Gasteiger partial charge in [0.2, 0.25) is 5.91 Å². The lowest BCUT2D eigenvalue weighted by Gasteiger charge is -2.46. The summed E-state index contributed by atoms with van der Waals surface area (Å²) in [6.07, 6.45) is 3.88. The van der Waals surface area contributed by atoms with Crippen molar-refractivity contribution in [3.05, 3.63) is 29.8 Å². The van der Waals surface area contributed by atoms with Crippen molar-refractivity contribution in [1.29, 1.82) is 0 Å². The number of amides is 3. The number of ether oxygens (including phenoxy) is 2. The van der Waals surface area contributed by atoms with Crippen molar-refractivity contribution in [2.45, 2.75) is 43.4 Å². The number of hydrogen-bond acceptors (Lipinski definition) is 5. The molecule has 1 aromatic rings. The number of carbonyl (C=O) groups excluding carboxylic acids is 2. The van der Waals surface area contributed by atoms with Crippen LogP contribution in [0.4, 0.5) is 10.5 Å². The van der Waals surface area contributed by atoms with Gasteiger partial charge < -0.3 is 29.5 Å². The van der Waals surface area contributed by atoms with Crippen molar-refractivity contribution < 1.29 is 19.1 Å². The number of fused-ring (bicyclic) bond motifs is 1. The molecule has 1 saturated carbocycles. The number of nitrogens with one attached hydrogen (secondary N) is 1. The number of hydrogen-bond donors (Lipinski definition) is 1. The first-order chi connectivity index (χ1) is 15.6. The second-order valence-electron chi connectivity index (χ2n) is 10.0. The number of nitrogens with zero attached hydrogens (tertiary/aromatic N) is 3. The van der Waals surface area contributed by atoms with Crippen molar-refractivity contribution in [2.75, 3.05) is 57.4 Å². The fourth-order valence-electron chi connectivity index (χ4n) is 5.19. The average molecular weight is 441 g/mol. The van der Waals surface area contributed by atoms with Gasteiger partial charge in [0.25, 0.3) is 0 Å². The Morgan fingerprint density at radius 3 is 2.56 bits per heavy atom. The van der Waals surface area contributed by atoms with Gasteiger partial charge >= 0.3 is 6.03 Å². The first kappa shape index (κ1) is 20.3. The zero-order valence-electron chi connectivity index (χ0n) is 18.4. The van der Waals surface area contributed by atoms with E-state index in [1.165, 1.54) is 24.1 Å². The van der Waals surface area contributed by atoms with Crippen LogP contribution in [0.15, 0.2) is 24.3 Å². The third-order valence-electron chi connectivity index (χ3n) is 7.59. The van der Waals surface area contributed by atoms with Crippen molar-refractivity contribution >= 4 is 17.6 Å². The molecule has 32 heavy (non-hydrogen) atoms. The number of benzene rings is 1. The number of likely N-dealkylation sites (tertiary alicyclic amines) is 2. The van der Waals surface area contributed by atoms with E-state index in [2.05, 4.69) is 34.5 Å². The maximum atomic E-state index is 12.9. The zero-order valence-corrected chi connectivity index (χ0v) is 18.4. The van der Waals surface area contributed by atoms with Crippen LogP contribution in [-0.4, -0.2) is 92.5 Å². The molecule has 6 rings (SSSR count). The van der Waals surface area contributed by atoms with E-state index < -0.39 is 0 Å². The van der Waals surface area contributed by atoms with Crippen molar-refractivity contribution in [1.82, 2.24) is 15.1 Å². The molecule has 1 aromatic carbocycles. The van der Waals surface area contributed by atoms with Crippen LogP contribution in [-0.2, 0) is 14.3 Å². The van der Waals surface area contributed by atoms with Crippen LogP contribution in [0.5, 0.6) is 0 Å². The molecule has 4 heterocycles. The van der Waals surface area contributed by atoms with E-state index in [1.54, 1.807) is 0 Å². The quantitative estimate of drug-likeness (QED) is 0.750. The molecule has 1 N–H and O–H groups in total. The van der Waals surface area contributed by atoms with Gasteiger partial charge in [-0.25, -0.2) is 4.79 Å². The summed E-state index contributed by atoms with van der Waals surface area (Å²) in [5, 5.41) is 2.97. The van der Waals surface area contributed by atoms with Crippen LogP contribution < -0.4 is 10.2 Å². The maximum absolute atomic E-state index is 12.9. The van der Waals surface area contributed by atoms with Crippen LogP contribution in [0.25, 0.3) is 0 Å². The van der Waals surface area contributed by atoms with Crippen molar-refractivity contribution in [3.63, 3.8) is 0 Å². The van der Waals surface area contributed by atoms with Gasteiger partial charge in [0.05, 0.1) is 18.2 Å². The Labute approximate surface area is 188 Å². The van der Waals surface area contributed by atoms with Gasteiger partial charge in [-0.05, 0) is 42.9 Å². The number of anilines is 1.